The van der Waals surface area contributed by atoms with Crippen molar-refractivity contribution in [2.45, 2.75) is 12.3 Å². The number of rotatable bonds is 3. The Kier molecular flexibility index (Phi) is 4.18. The molecule has 128 valence electrons. The Morgan fingerprint density at radius 2 is 1.88 bits per heavy atom. The van der Waals surface area contributed by atoms with E-state index in [0.29, 0.717) is 17.3 Å². The number of benzene rings is 2. The van der Waals surface area contributed by atoms with Crippen molar-refractivity contribution >= 4 is 29.1 Å². The molecule has 0 aliphatic carbocycles. The Bertz CT molecular complexity index is 899. The molecule has 0 aromatic heterocycles. The Morgan fingerprint density at radius 3 is 2.60 bits per heavy atom. The van der Waals surface area contributed by atoms with Crippen LogP contribution < -0.4 is 16.4 Å². The molecule has 0 saturated heterocycles. The van der Waals surface area contributed by atoms with E-state index in [1.54, 1.807) is 24.3 Å². The van der Waals surface area contributed by atoms with Gasteiger partial charge in [0, 0.05) is 18.2 Å². The Labute approximate surface area is 141 Å². The molecule has 1 atom stereocenters. The number of nitrogens with one attached hydrogen (secondary N) is 2. The first-order valence-corrected chi connectivity index (χ1v) is 7.35. The van der Waals surface area contributed by atoms with E-state index in [-0.39, 0.29) is 18.0 Å². The summed E-state index contributed by atoms with van der Waals surface area (Å²) < 4.78 is 27.4. The molecule has 1 aliphatic heterocycles. The summed E-state index contributed by atoms with van der Waals surface area (Å²) in [6, 6.07) is 8.04. The number of anilines is 2. The number of hydrogen-bond acceptors (Lipinski definition) is 3. The maximum atomic E-state index is 13.9. The molecule has 4 N–H and O–H groups in total. The largest absolute Gasteiger partial charge is 0.366 e. The van der Waals surface area contributed by atoms with Gasteiger partial charge in [0.15, 0.2) is 0 Å². The van der Waals surface area contributed by atoms with Crippen LogP contribution in [0.2, 0.25) is 0 Å². The van der Waals surface area contributed by atoms with Crippen molar-refractivity contribution in [2.24, 2.45) is 5.73 Å². The maximum Gasteiger partial charge on any atom is 0.251 e. The van der Waals surface area contributed by atoms with Gasteiger partial charge in [0.2, 0.25) is 11.8 Å². The number of carbonyl (C=O) groups is 3. The molecule has 3 amide bonds. The minimum atomic E-state index is -1.12. The monoisotopic (exact) mass is 345 g/mol. The molecule has 1 aliphatic rings. The van der Waals surface area contributed by atoms with Gasteiger partial charge in [-0.05, 0) is 17.7 Å². The second-order valence-corrected chi connectivity index (χ2v) is 5.56. The predicted octanol–water partition coefficient (Wildman–Crippen LogP) is 2.13. The summed E-state index contributed by atoms with van der Waals surface area (Å²) in [4.78, 5) is 35.5. The predicted molar refractivity (Wildman–Crippen MR) is 85.9 cm³/mol. The van der Waals surface area contributed by atoms with Gasteiger partial charge in [0.1, 0.15) is 11.6 Å². The Morgan fingerprint density at radius 1 is 1.16 bits per heavy atom. The van der Waals surface area contributed by atoms with E-state index in [4.69, 9.17) is 5.73 Å². The zero-order chi connectivity index (χ0) is 18.1. The van der Waals surface area contributed by atoms with E-state index in [9.17, 15) is 23.2 Å². The molecule has 1 unspecified atom stereocenters. The summed E-state index contributed by atoms with van der Waals surface area (Å²) in [5, 5.41) is 4.94. The van der Waals surface area contributed by atoms with E-state index in [0.717, 1.165) is 6.07 Å². The number of amides is 3. The Balaban J connectivity index is 1.92. The molecule has 2 aromatic carbocycles. The van der Waals surface area contributed by atoms with E-state index in [1.165, 1.54) is 0 Å². The molecule has 6 nitrogen and oxygen atoms in total. The normalized spacial score (nSPS) is 15.9. The number of para-hydroxylation sites is 1. The summed E-state index contributed by atoms with van der Waals surface area (Å²) in [5.41, 5.74) is 5.17. The number of primary amides is 1. The summed E-state index contributed by atoms with van der Waals surface area (Å²) in [7, 11) is 0. The van der Waals surface area contributed by atoms with Crippen molar-refractivity contribution in [1.82, 2.24) is 0 Å². The lowest BCUT2D eigenvalue weighted by Gasteiger charge is -2.24. The SMILES string of the molecule is NC(=O)c1cc(NC(=O)C2CC(=O)Nc3ccccc32)c(F)cc1F. The number of hydrogen-bond donors (Lipinski definition) is 3. The van der Waals surface area contributed by atoms with Crippen LogP contribution in [0.15, 0.2) is 36.4 Å². The highest BCUT2D eigenvalue weighted by molar-refractivity contribution is 6.05. The fraction of sp³-hybridized carbons (Fsp3) is 0.118. The summed E-state index contributed by atoms with van der Waals surface area (Å²) in [6.07, 6.45) is -0.117. The van der Waals surface area contributed by atoms with Gasteiger partial charge in [-0.3, -0.25) is 14.4 Å². The molecular weight excluding hydrogens is 332 g/mol. The van der Waals surface area contributed by atoms with Gasteiger partial charge in [0.25, 0.3) is 5.91 Å². The molecule has 0 fully saturated rings. The molecule has 0 bridgehead atoms. The van der Waals surface area contributed by atoms with Gasteiger partial charge in [0.05, 0.1) is 17.2 Å². The average Bonchev–Trinajstić information content (AvgIpc) is 2.56. The zero-order valence-electron chi connectivity index (χ0n) is 12.8. The van der Waals surface area contributed by atoms with Crippen LogP contribution in [0.1, 0.15) is 28.3 Å². The highest BCUT2D eigenvalue weighted by Crippen LogP contribution is 2.33. The molecular formula is C17H13F2N3O3. The number of halogens is 2. The van der Waals surface area contributed by atoms with Gasteiger partial charge >= 0.3 is 0 Å². The average molecular weight is 345 g/mol. The van der Waals surface area contributed by atoms with Crippen LogP contribution in [0, 0.1) is 11.6 Å². The van der Waals surface area contributed by atoms with Crippen molar-refractivity contribution in [3.8, 4) is 0 Å². The topological polar surface area (TPSA) is 101 Å². The standard InChI is InChI=1S/C17H13F2N3O3/c18-11-7-12(19)14(5-10(11)16(20)24)22-17(25)9-6-15(23)21-13-4-2-1-3-8(9)13/h1-5,7,9H,6H2,(H2,20,24)(H,21,23)(H,22,25). The van der Waals surface area contributed by atoms with Crippen molar-refractivity contribution in [2.75, 3.05) is 10.6 Å². The van der Waals surface area contributed by atoms with Crippen LogP contribution in [-0.2, 0) is 9.59 Å². The zero-order valence-corrected chi connectivity index (χ0v) is 12.8. The van der Waals surface area contributed by atoms with Crippen molar-refractivity contribution in [3.05, 3.63) is 59.2 Å². The molecule has 25 heavy (non-hydrogen) atoms. The second kappa shape index (κ2) is 6.31. The van der Waals surface area contributed by atoms with Crippen molar-refractivity contribution < 1.29 is 23.2 Å². The van der Waals surface area contributed by atoms with E-state index < -0.39 is 34.9 Å². The van der Waals surface area contributed by atoms with Gasteiger partial charge in [-0.15, -0.1) is 0 Å². The minimum absolute atomic E-state index is 0.117. The second-order valence-electron chi connectivity index (χ2n) is 5.56. The fourth-order valence-corrected chi connectivity index (χ4v) is 2.70. The van der Waals surface area contributed by atoms with Gasteiger partial charge in [-0.25, -0.2) is 8.78 Å². The van der Waals surface area contributed by atoms with Crippen LogP contribution in [0.5, 0.6) is 0 Å². The number of nitrogens with two attached hydrogens (primary N) is 1. The van der Waals surface area contributed by atoms with Gasteiger partial charge in [-0.1, -0.05) is 18.2 Å². The molecule has 0 radical (unpaired) electrons. The number of fused-ring (bicyclic) bond motifs is 1. The lowest BCUT2D eigenvalue weighted by Crippen LogP contribution is -2.31. The van der Waals surface area contributed by atoms with Gasteiger partial charge < -0.3 is 16.4 Å². The molecule has 8 heteroatoms. The highest BCUT2D eigenvalue weighted by atomic mass is 19.1. The van der Waals surface area contributed by atoms with E-state index in [2.05, 4.69) is 10.6 Å². The molecule has 0 spiro atoms. The minimum Gasteiger partial charge on any atom is -0.366 e. The maximum absolute atomic E-state index is 13.9. The lowest BCUT2D eigenvalue weighted by molar-refractivity contribution is -0.123. The molecule has 1 heterocycles. The smallest absolute Gasteiger partial charge is 0.251 e. The first-order chi connectivity index (χ1) is 11.9. The van der Waals surface area contributed by atoms with Crippen molar-refractivity contribution in [1.29, 1.82) is 0 Å². The molecule has 3 rings (SSSR count). The van der Waals surface area contributed by atoms with E-state index in [1.807, 2.05) is 0 Å². The quantitative estimate of drug-likeness (QED) is 0.794. The first kappa shape index (κ1) is 16.6. The molecule has 2 aromatic rings. The van der Waals surface area contributed by atoms with Crippen LogP contribution in [0.25, 0.3) is 0 Å². The third-order valence-electron chi connectivity index (χ3n) is 3.90. The summed E-state index contributed by atoms with van der Waals surface area (Å²) in [6.45, 7) is 0. The summed E-state index contributed by atoms with van der Waals surface area (Å²) >= 11 is 0. The summed E-state index contributed by atoms with van der Waals surface area (Å²) in [5.74, 6) is -5.10. The third-order valence-corrected chi connectivity index (χ3v) is 3.90. The van der Waals surface area contributed by atoms with Crippen LogP contribution in [-0.4, -0.2) is 17.7 Å². The number of carbonyl (C=O) groups excluding carboxylic acids is 3. The molecule has 0 saturated carbocycles. The van der Waals surface area contributed by atoms with Crippen LogP contribution >= 0.6 is 0 Å². The highest BCUT2D eigenvalue weighted by Gasteiger charge is 2.31. The first-order valence-electron chi connectivity index (χ1n) is 7.35. The lowest BCUT2D eigenvalue weighted by atomic mass is 9.89. The third kappa shape index (κ3) is 3.18. The van der Waals surface area contributed by atoms with E-state index >= 15 is 0 Å². The van der Waals surface area contributed by atoms with Crippen LogP contribution in [0.3, 0.4) is 0 Å². The fourth-order valence-electron chi connectivity index (χ4n) is 2.70. The Hall–Kier alpha value is -3.29. The van der Waals surface area contributed by atoms with Crippen LogP contribution in [0.4, 0.5) is 20.2 Å². The van der Waals surface area contributed by atoms with Gasteiger partial charge in [-0.2, -0.15) is 0 Å². The van der Waals surface area contributed by atoms with Crippen molar-refractivity contribution in [3.63, 3.8) is 0 Å².